The number of nitrogens with zero attached hydrogens (tertiary/aromatic N) is 1. The standard InChI is InChI=1S/C24H25N3O3S/c28-31(29,22-7-5-18-3-1-2-4-19(18)15-22)26-21-6-8-24-23(16-21)20(17-25-24)9-10-27-11-13-30-14-12-27/h1-8,15-17,25-26H,9-14H2. The fraction of sp³-hybridized carbons (Fsp3) is 0.250. The molecule has 0 spiro atoms. The highest BCUT2D eigenvalue weighted by Gasteiger charge is 2.16. The second kappa shape index (κ2) is 8.34. The van der Waals surface area contributed by atoms with Crippen LogP contribution in [0.1, 0.15) is 5.56 Å². The van der Waals surface area contributed by atoms with Crippen LogP contribution in [0.2, 0.25) is 0 Å². The van der Waals surface area contributed by atoms with Gasteiger partial charge in [-0.1, -0.05) is 30.3 Å². The third kappa shape index (κ3) is 4.30. The van der Waals surface area contributed by atoms with Gasteiger partial charge in [-0.25, -0.2) is 8.42 Å². The van der Waals surface area contributed by atoms with E-state index in [4.69, 9.17) is 4.74 Å². The van der Waals surface area contributed by atoms with Crippen molar-refractivity contribution in [2.45, 2.75) is 11.3 Å². The van der Waals surface area contributed by atoms with Gasteiger partial charge in [0.15, 0.2) is 0 Å². The Hall–Kier alpha value is -2.87. The quantitative estimate of drug-likeness (QED) is 0.480. The number of rotatable bonds is 6. The van der Waals surface area contributed by atoms with Crippen LogP contribution >= 0.6 is 0 Å². The molecule has 0 saturated carbocycles. The van der Waals surface area contributed by atoms with E-state index in [1.807, 2.05) is 48.7 Å². The summed E-state index contributed by atoms with van der Waals surface area (Å²) < 4.78 is 34.2. The molecule has 31 heavy (non-hydrogen) atoms. The second-order valence-electron chi connectivity index (χ2n) is 7.89. The lowest BCUT2D eigenvalue weighted by atomic mass is 10.1. The summed E-state index contributed by atoms with van der Waals surface area (Å²) in [5.41, 5.74) is 2.76. The summed E-state index contributed by atoms with van der Waals surface area (Å²) in [5.74, 6) is 0. The van der Waals surface area contributed by atoms with Gasteiger partial charge in [-0.15, -0.1) is 0 Å². The monoisotopic (exact) mass is 435 g/mol. The van der Waals surface area contributed by atoms with Gasteiger partial charge >= 0.3 is 0 Å². The molecule has 5 rings (SSSR count). The molecular weight excluding hydrogens is 410 g/mol. The van der Waals surface area contributed by atoms with E-state index in [1.54, 1.807) is 18.2 Å². The van der Waals surface area contributed by atoms with Crippen LogP contribution in [0.15, 0.2) is 71.8 Å². The van der Waals surface area contributed by atoms with Crippen molar-refractivity contribution in [3.8, 4) is 0 Å². The summed E-state index contributed by atoms with van der Waals surface area (Å²) in [4.78, 5) is 5.95. The van der Waals surface area contributed by atoms with E-state index in [2.05, 4.69) is 14.6 Å². The number of hydrogen-bond donors (Lipinski definition) is 2. The zero-order valence-electron chi connectivity index (χ0n) is 17.2. The maximum absolute atomic E-state index is 13.0. The van der Waals surface area contributed by atoms with Crippen LogP contribution in [-0.2, 0) is 21.2 Å². The first-order valence-corrected chi connectivity index (χ1v) is 12.0. The SMILES string of the molecule is O=S(=O)(Nc1ccc2[nH]cc(CCN3CCOCC3)c2c1)c1ccc2ccccc2c1. The number of nitrogens with one attached hydrogen (secondary N) is 2. The fourth-order valence-corrected chi connectivity index (χ4v) is 5.19. The van der Waals surface area contributed by atoms with E-state index in [-0.39, 0.29) is 4.90 Å². The Morgan fingerprint density at radius 3 is 2.61 bits per heavy atom. The van der Waals surface area contributed by atoms with Gasteiger partial charge < -0.3 is 9.72 Å². The summed E-state index contributed by atoms with van der Waals surface area (Å²) in [6.07, 6.45) is 2.92. The molecule has 1 aromatic heterocycles. The van der Waals surface area contributed by atoms with Crippen LogP contribution in [0.5, 0.6) is 0 Å². The molecule has 1 fully saturated rings. The maximum Gasteiger partial charge on any atom is 0.261 e. The summed E-state index contributed by atoms with van der Waals surface area (Å²) in [7, 11) is -3.68. The summed E-state index contributed by atoms with van der Waals surface area (Å²) >= 11 is 0. The number of benzene rings is 3. The largest absolute Gasteiger partial charge is 0.379 e. The lowest BCUT2D eigenvalue weighted by Crippen LogP contribution is -2.37. The fourth-order valence-electron chi connectivity index (χ4n) is 4.10. The number of sulfonamides is 1. The van der Waals surface area contributed by atoms with Crippen molar-refractivity contribution in [3.05, 3.63) is 72.4 Å². The molecule has 1 saturated heterocycles. The number of aromatic amines is 1. The van der Waals surface area contributed by atoms with Gasteiger partial charge in [0.2, 0.25) is 0 Å². The minimum Gasteiger partial charge on any atom is -0.379 e. The van der Waals surface area contributed by atoms with Crippen molar-refractivity contribution in [1.29, 1.82) is 0 Å². The van der Waals surface area contributed by atoms with E-state index in [0.717, 1.165) is 60.9 Å². The minimum atomic E-state index is -3.68. The molecule has 2 heterocycles. The van der Waals surface area contributed by atoms with Gasteiger partial charge in [0.05, 0.1) is 18.1 Å². The van der Waals surface area contributed by atoms with Crippen molar-refractivity contribution >= 4 is 37.4 Å². The smallest absolute Gasteiger partial charge is 0.261 e. The molecule has 1 aliphatic heterocycles. The van der Waals surface area contributed by atoms with Crippen molar-refractivity contribution in [2.24, 2.45) is 0 Å². The third-order valence-corrected chi connectivity index (χ3v) is 7.23. The van der Waals surface area contributed by atoms with Gasteiger partial charge in [-0.3, -0.25) is 9.62 Å². The molecule has 3 aromatic carbocycles. The van der Waals surface area contributed by atoms with Gasteiger partial charge in [-0.05, 0) is 53.1 Å². The van der Waals surface area contributed by atoms with Gasteiger partial charge in [0.25, 0.3) is 10.0 Å². The molecule has 7 heteroatoms. The highest BCUT2D eigenvalue weighted by Crippen LogP contribution is 2.26. The Balaban J connectivity index is 1.37. The first-order chi connectivity index (χ1) is 15.1. The third-order valence-electron chi connectivity index (χ3n) is 5.85. The number of hydrogen-bond acceptors (Lipinski definition) is 4. The summed E-state index contributed by atoms with van der Waals surface area (Å²) in [5, 5.41) is 2.96. The predicted octanol–water partition coefficient (Wildman–Crippen LogP) is 4.00. The van der Waals surface area contributed by atoms with E-state index in [0.29, 0.717) is 5.69 Å². The molecule has 6 nitrogen and oxygen atoms in total. The normalized spacial score (nSPS) is 15.5. The van der Waals surface area contributed by atoms with E-state index in [1.165, 1.54) is 5.56 Å². The Morgan fingerprint density at radius 2 is 1.77 bits per heavy atom. The molecule has 0 bridgehead atoms. The Labute approximate surface area is 181 Å². The van der Waals surface area contributed by atoms with Crippen LogP contribution in [0.4, 0.5) is 5.69 Å². The van der Waals surface area contributed by atoms with Crippen LogP contribution in [0, 0.1) is 0 Å². The number of ether oxygens (including phenoxy) is 1. The Bertz CT molecular complexity index is 1320. The Morgan fingerprint density at radius 1 is 0.968 bits per heavy atom. The zero-order valence-corrected chi connectivity index (χ0v) is 18.0. The molecule has 2 N–H and O–H groups in total. The van der Waals surface area contributed by atoms with Crippen molar-refractivity contribution in [1.82, 2.24) is 9.88 Å². The summed E-state index contributed by atoms with van der Waals surface area (Å²) in [6.45, 7) is 4.45. The molecule has 1 aliphatic rings. The first-order valence-electron chi connectivity index (χ1n) is 10.5. The van der Waals surface area contributed by atoms with E-state index >= 15 is 0 Å². The van der Waals surface area contributed by atoms with Crippen molar-refractivity contribution in [2.75, 3.05) is 37.6 Å². The number of fused-ring (bicyclic) bond motifs is 2. The molecule has 160 valence electrons. The number of anilines is 1. The van der Waals surface area contributed by atoms with Gasteiger partial charge in [0.1, 0.15) is 0 Å². The van der Waals surface area contributed by atoms with Gasteiger partial charge in [-0.2, -0.15) is 0 Å². The average Bonchev–Trinajstić information content (AvgIpc) is 3.20. The molecule has 0 unspecified atom stereocenters. The van der Waals surface area contributed by atoms with Crippen LogP contribution in [-0.4, -0.2) is 51.1 Å². The highest BCUT2D eigenvalue weighted by atomic mass is 32.2. The van der Waals surface area contributed by atoms with E-state index in [9.17, 15) is 8.42 Å². The van der Waals surface area contributed by atoms with Gasteiger partial charge in [0, 0.05) is 42.4 Å². The summed E-state index contributed by atoms with van der Waals surface area (Å²) in [6, 6.07) is 18.6. The predicted molar refractivity (Wildman–Crippen MR) is 124 cm³/mol. The lowest BCUT2D eigenvalue weighted by Gasteiger charge is -2.26. The van der Waals surface area contributed by atoms with E-state index < -0.39 is 10.0 Å². The first kappa shape index (κ1) is 20.1. The molecule has 0 radical (unpaired) electrons. The molecule has 0 aliphatic carbocycles. The molecule has 0 atom stereocenters. The topological polar surface area (TPSA) is 74.4 Å². The number of H-pyrrole nitrogens is 1. The second-order valence-corrected chi connectivity index (χ2v) is 9.58. The zero-order chi connectivity index (χ0) is 21.3. The maximum atomic E-state index is 13.0. The van der Waals surface area contributed by atoms with Crippen LogP contribution in [0.3, 0.4) is 0 Å². The highest BCUT2D eigenvalue weighted by molar-refractivity contribution is 7.92. The van der Waals surface area contributed by atoms with Crippen LogP contribution < -0.4 is 4.72 Å². The lowest BCUT2D eigenvalue weighted by molar-refractivity contribution is 0.0385. The molecule has 4 aromatic rings. The van der Waals surface area contributed by atoms with Crippen molar-refractivity contribution in [3.63, 3.8) is 0 Å². The average molecular weight is 436 g/mol. The van der Waals surface area contributed by atoms with Crippen molar-refractivity contribution < 1.29 is 13.2 Å². The Kier molecular flexibility index (Phi) is 5.40. The number of morpholine rings is 1. The molecular formula is C24H25N3O3S. The molecule has 0 amide bonds. The number of aromatic nitrogens is 1. The van der Waals surface area contributed by atoms with Crippen LogP contribution in [0.25, 0.3) is 21.7 Å². The minimum absolute atomic E-state index is 0.257.